The summed E-state index contributed by atoms with van der Waals surface area (Å²) in [4.78, 5) is 0. The van der Waals surface area contributed by atoms with Gasteiger partial charge < -0.3 is 5.11 Å². The molecule has 2 rings (SSSR count). The summed E-state index contributed by atoms with van der Waals surface area (Å²) in [5.41, 5.74) is 1.54. The van der Waals surface area contributed by atoms with Crippen LogP contribution in [-0.4, -0.2) is 25.7 Å². The summed E-state index contributed by atoms with van der Waals surface area (Å²) in [6, 6.07) is 5.34. The number of unbranched alkanes of at least 4 members (excludes halogenated alkanes) is 1. The van der Waals surface area contributed by atoms with Crippen LogP contribution in [0.5, 0.6) is 0 Å². The Hall–Kier alpha value is -1.46. The van der Waals surface area contributed by atoms with Gasteiger partial charge in [-0.3, -0.25) is 0 Å². The number of nitrogens with one attached hydrogen (secondary N) is 1. The predicted octanol–water partition coefficient (Wildman–Crippen LogP) is 2.74. The molecule has 1 aromatic heterocycles. The second kappa shape index (κ2) is 5.93. The number of nitrogens with zero attached hydrogens (tertiary/aromatic N) is 3. The van der Waals surface area contributed by atoms with Crippen molar-refractivity contribution in [2.24, 2.45) is 0 Å². The molecule has 96 valence electrons. The third-order valence-electron chi connectivity index (χ3n) is 2.81. The van der Waals surface area contributed by atoms with Crippen LogP contribution in [0.25, 0.3) is 11.4 Å². The van der Waals surface area contributed by atoms with E-state index < -0.39 is 6.10 Å². The molecule has 0 saturated heterocycles. The zero-order valence-corrected chi connectivity index (χ0v) is 10.9. The molecule has 0 aliphatic heterocycles. The number of rotatable bonds is 5. The molecular formula is C12H15ClN4O. The van der Waals surface area contributed by atoms with Crippen molar-refractivity contribution in [1.82, 2.24) is 20.6 Å². The van der Waals surface area contributed by atoms with E-state index in [1.54, 1.807) is 12.1 Å². The molecule has 1 heterocycles. The molecule has 0 amide bonds. The fraction of sp³-hybridized carbons (Fsp3) is 0.417. The highest BCUT2D eigenvalue weighted by Gasteiger charge is 2.15. The van der Waals surface area contributed by atoms with Gasteiger partial charge in [0.1, 0.15) is 0 Å². The average Bonchev–Trinajstić information content (AvgIpc) is 2.89. The molecule has 0 aliphatic carbocycles. The molecule has 0 fully saturated rings. The van der Waals surface area contributed by atoms with E-state index in [2.05, 4.69) is 27.5 Å². The predicted molar refractivity (Wildman–Crippen MR) is 69.1 cm³/mol. The first-order chi connectivity index (χ1) is 8.72. The van der Waals surface area contributed by atoms with Crippen LogP contribution in [0.4, 0.5) is 0 Å². The van der Waals surface area contributed by atoms with E-state index in [-0.39, 0.29) is 0 Å². The van der Waals surface area contributed by atoms with E-state index in [0.29, 0.717) is 17.3 Å². The third-order valence-corrected chi connectivity index (χ3v) is 3.04. The fourth-order valence-corrected chi connectivity index (χ4v) is 2.02. The Kier molecular flexibility index (Phi) is 4.28. The first-order valence-corrected chi connectivity index (χ1v) is 6.31. The second-order valence-electron chi connectivity index (χ2n) is 4.14. The number of hydrogen-bond donors (Lipinski definition) is 2. The highest BCUT2D eigenvalue weighted by molar-refractivity contribution is 6.30. The van der Waals surface area contributed by atoms with E-state index in [1.807, 2.05) is 6.07 Å². The molecule has 5 nitrogen and oxygen atoms in total. The maximum absolute atomic E-state index is 10.2. The van der Waals surface area contributed by atoms with Gasteiger partial charge in [0, 0.05) is 10.6 Å². The largest absolute Gasteiger partial charge is 0.388 e. The standard InChI is InChI=1S/C12H15ClN4O/c1-2-3-4-11(18)9-6-5-8(13)7-10(9)12-14-16-17-15-12/h5-7,11,18H,2-4H2,1H3,(H,14,15,16,17)/t11-/m0/s1. The number of H-pyrrole nitrogens is 1. The summed E-state index contributed by atoms with van der Waals surface area (Å²) in [6.07, 6.45) is 2.20. The van der Waals surface area contributed by atoms with Crippen molar-refractivity contribution in [3.8, 4) is 11.4 Å². The zero-order chi connectivity index (χ0) is 13.0. The molecule has 2 N–H and O–H groups in total. The monoisotopic (exact) mass is 266 g/mol. The summed E-state index contributed by atoms with van der Waals surface area (Å²) < 4.78 is 0. The van der Waals surface area contributed by atoms with Gasteiger partial charge in [-0.15, -0.1) is 5.10 Å². The Morgan fingerprint density at radius 2 is 2.28 bits per heavy atom. The van der Waals surface area contributed by atoms with Crippen LogP contribution >= 0.6 is 11.6 Å². The van der Waals surface area contributed by atoms with E-state index in [4.69, 9.17) is 11.6 Å². The van der Waals surface area contributed by atoms with Crippen LogP contribution in [-0.2, 0) is 0 Å². The minimum absolute atomic E-state index is 0.517. The van der Waals surface area contributed by atoms with Crippen LogP contribution in [0, 0.1) is 0 Å². The SMILES string of the molecule is CCCC[C@H](O)c1ccc(Cl)cc1-c1nnn[nH]1. The highest BCUT2D eigenvalue weighted by atomic mass is 35.5. The summed E-state index contributed by atoms with van der Waals surface area (Å²) in [5.74, 6) is 0.517. The van der Waals surface area contributed by atoms with Crippen LogP contribution in [0.1, 0.15) is 37.9 Å². The Bertz CT molecular complexity index is 501. The first-order valence-electron chi connectivity index (χ1n) is 5.94. The summed E-state index contributed by atoms with van der Waals surface area (Å²) in [6.45, 7) is 2.09. The van der Waals surface area contributed by atoms with Gasteiger partial charge in [-0.25, -0.2) is 5.10 Å². The Balaban J connectivity index is 2.35. The lowest BCUT2D eigenvalue weighted by Gasteiger charge is -2.14. The van der Waals surface area contributed by atoms with Gasteiger partial charge in [-0.2, -0.15) is 0 Å². The lowest BCUT2D eigenvalue weighted by atomic mass is 9.98. The molecule has 0 bridgehead atoms. The molecule has 18 heavy (non-hydrogen) atoms. The first kappa shape index (κ1) is 13.0. The molecule has 0 radical (unpaired) electrons. The number of hydrogen-bond acceptors (Lipinski definition) is 4. The zero-order valence-electron chi connectivity index (χ0n) is 10.1. The van der Waals surface area contributed by atoms with Crippen molar-refractivity contribution in [2.75, 3.05) is 0 Å². The smallest absolute Gasteiger partial charge is 0.179 e. The van der Waals surface area contributed by atoms with Gasteiger partial charge in [0.15, 0.2) is 5.82 Å². The molecule has 1 atom stereocenters. The fourth-order valence-electron chi connectivity index (χ4n) is 1.85. The number of halogens is 1. The number of aromatic amines is 1. The Labute approximate surface area is 110 Å². The molecule has 0 aliphatic rings. The quantitative estimate of drug-likeness (QED) is 0.873. The molecule has 6 heteroatoms. The van der Waals surface area contributed by atoms with Gasteiger partial charge in [0.2, 0.25) is 0 Å². The normalized spacial score (nSPS) is 12.6. The van der Waals surface area contributed by atoms with Gasteiger partial charge >= 0.3 is 0 Å². The minimum atomic E-state index is -0.526. The van der Waals surface area contributed by atoms with Crippen LogP contribution in [0.3, 0.4) is 0 Å². The molecular weight excluding hydrogens is 252 g/mol. The summed E-state index contributed by atoms with van der Waals surface area (Å²) >= 11 is 5.98. The molecule has 2 aromatic rings. The topological polar surface area (TPSA) is 74.7 Å². The number of tetrazole rings is 1. The minimum Gasteiger partial charge on any atom is -0.388 e. The Morgan fingerprint density at radius 3 is 2.94 bits per heavy atom. The van der Waals surface area contributed by atoms with Gasteiger partial charge in [0.25, 0.3) is 0 Å². The van der Waals surface area contributed by atoms with Crippen LogP contribution < -0.4 is 0 Å². The second-order valence-corrected chi connectivity index (χ2v) is 4.58. The summed E-state index contributed by atoms with van der Waals surface area (Å²) in [5, 5.41) is 24.4. The van der Waals surface area contributed by atoms with Gasteiger partial charge in [-0.1, -0.05) is 37.4 Å². The van der Waals surface area contributed by atoms with Crippen molar-refractivity contribution in [3.63, 3.8) is 0 Å². The number of aliphatic hydroxyl groups is 1. The van der Waals surface area contributed by atoms with E-state index >= 15 is 0 Å². The maximum atomic E-state index is 10.2. The van der Waals surface area contributed by atoms with Gasteiger partial charge in [0.05, 0.1) is 6.10 Å². The van der Waals surface area contributed by atoms with E-state index in [1.165, 1.54) is 0 Å². The van der Waals surface area contributed by atoms with Crippen LogP contribution in [0.15, 0.2) is 18.2 Å². The molecule has 1 aromatic carbocycles. The molecule has 0 unspecified atom stereocenters. The third kappa shape index (κ3) is 2.86. The van der Waals surface area contributed by atoms with Crippen LogP contribution in [0.2, 0.25) is 5.02 Å². The average molecular weight is 267 g/mol. The number of benzene rings is 1. The lowest BCUT2D eigenvalue weighted by Crippen LogP contribution is -2.01. The number of aliphatic hydroxyl groups excluding tert-OH is 1. The van der Waals surface area contributed by atoms with Crippen molar-refractivity contribution >= 4 is 11.6 Å². The number of aromatic nitrogens is 4. The van der Waals surface area contributed by atoms with Crippen molar-refractivity contribution in [2.45, 2.75) is 32.3 Å². The van der Waals surface area contributed by atoms with Crippen molar-refractivity contribution < 1.29 is 5.11 Å². The summed E-state index contributed by atoms with van der Waals surface area (Å²) in [7, 11) is 0. The van der Waals surface area contributed by atoms with E-state index in [0.717, 1.165) is 24.0 Å². The molecule has 0 spiro atoms. The Morgan fingerprint density at radius 1 is 1.44 bits per heavy atom. The van der Waals surface area contributed by atoms with Gasteiger partial charge in [-0.05, 0) is 34.5 Å². The van der Waals surface area contributed by atoms with Crippen molar-refractivity contribution in [1.29, 1.82) is 0 Å². The molecule has 0 saturated carbocycles. The van der Waals surface area contributed by atoms with Crippen molar-refractivity contribution in [3.05, 3.63) is 28.8 Å². The maximum Gasteiger partial charge on any atom is 0.179 e. The lowest BCUT2D eigenvalue weighted by molar-refractivity contribution is 0.165. The highest BCUT2D eigenvalue weighted by Crippen LogP contribution is 2.30. The van der Waals surface area contributed by atoms with E-state index in [9.17, 15) is 5.11 Å².